The molecule has 31 heavy (non-hydrogen) atoms. The van der Waals surface area contributed by atoms with Crippen LogP contribution in [0.4, 0.5) is 10.1 Å². The molecule has 4 rings (SSSR count). The Labute approximate surface area is 185 Å². The number of aryl methyl sites for hydroxylation is 3. The molecular formula is C27H34FN3. The minimum atomic E-state index is -1.77. The van der Waals surface area contributed by atoms with Gasteiger partial charge in [0.25, 0.3) is 0 Å². The van der Waals surface area contributed by atoms with Crippen molar-refractivity contribution in [2.24, 2.45) is 10.9 Å². The summed E-state index contributed by atoms with van der Waals surface area (Å²) in [4.78, 5) is 9.20. The molecule has 1 aliphatic carbocycles. The highest BCUT2D eigenvalue weighted by atomic mass is 19.1. The maximum absolute atomic E-state index is 15.9. The highest BCUT2D eigenvalue weighted by Gasteiger charge is 2.46. The molecule has 3 atom stereocenters. The van der Waals surface area contributed by atoms with Gasteiger partial charge in [0.15, 0.2) is 0 Å². The summed E-state index contributed by atoms with van der Waals surface area (Å²) in [6, 6.07) is 4.39. The maximum atomic E-state index is 15.9. The van der Waals surface area contributed by atoms with Crippen LogP contribution in [0, 0.1) is 26.7 Å². The molecular weight excluding hydrogens is 385 g/mol. The third-order valence-corrected chi connectivity index (χ3v) is 7.60. The summed E-state index contributed by atoms with van der Waals surface area (Å²) < 4.78 is 15.9. The smallest absolute Gasteiger partial charge is 0.206 e. The zero-order chi connectivity index (χ0) is 22.7. The Morgan fingerprint density at radius 3 is 2.35 bits per heavy atom. The van der Waals surface area contributed by atoms with Crippen LogP contribution in [0.3, 0.4) is 0 Å². The fourth-order valence-corrected chi connectivity index (χ4v) is 5.14. The molecule has 3 nitrogen and oxygen atoms in total. The van der Waals surface area contributed by atoms with Crippen LogP contribution in [0.2, 0.25) is 0 Å². The van der Waals surface area contributed by atoms with E-state index in [4.69, 9.17) is 4.98 Å². The normalized spacial score (nSPS) is 29.5. The summed E-state index contributed by atoms with van der Waals surface area (Å²) in [5, 5.41) is 3.75. The van der Waals surface area contributed by atoms with Crippen molar-refractivity contribution in [2.45, 2.75) is 78.9 Å². The molecule has 1 aromatic heterocycles. The molecule has 0 spiro atoms. The number of rotatable bonds is 1. The first kappa shape index (κ1) is 21.7. The number of nitrogens with zero attached hydrogens (tertiary/aromatic N) is 2. The van der Waals surface area contributed by atoms with E-state index in [2.05, 4.69) is 57.1 Å². The fourth-order valence-electron chi connectivity index (χ4n) is 5.14. The second kappa shape index (κ2) is 7.29. The molecule has 1 N–H and O–H groups in total. The Kier molecular flexibility index (Phi) is 5.11. The molecule has 2 aromatic rings. The van der Waals surface area contributed by atoms with Crippen LogP contribution in [0.1, 0.15) is 79.6 Å². The molecule has 0 radical (unpaired) electrons. The molecule has 4 heteroatoms. The van der Waals surface area contributed by atoms with Gasteiger partial charge in [-0.3, -0.25) is 9.98 Å². The quantitative estimate of drug-likeness (QED) is 0.516. The lowest BCUT2D eigenvalue weighted by Gasteiger charge is -2.36. The summed E-state index contributed by atoms with van der Waals surface area (Å²) in [6.45, 7) is 16.3. The SMILES string of the molecule is Cc1cc(C)c(/C2=C/C=N/[C@@](C)(F)C(C)(C)c3cnc4c(c3N2)CC(C)C4C)c(C)c1. The Bertz CT molecular complexity index is 1080. The summed E-state index contributed by atoms with van der Waals surface area (Å²) >= 11 is 0. The maximum Gasteiger partial charge on any atom is 0.206 e. The van der Waals surface area contributed by atoms with Crippen LogP contribution in [0.25, 0.3) is 5.70 Å². The third-order valence-electron chi connectivity index (χ3n) is 7.60. The number of aliphatic imine (C=N–C) groups is 1. The number of pyridine rings is 1. The molecule has 1 aromatic carbocycles. The van der Waals surface area contributed by atoms with Crippen LogP contribution in [-0.2, 0) is 11.8 Å². The Morgan fingerprint density at radius 1 is 1.06 bits per heavy atom. The number of allylic oxidation sites excluding steroid dienone is 1. The minimum Gasteiger partial charge on any atom is -0.354 e. The predicted octanol–water partition coefficient (Wildman–Crippen LogP) is 6.80. The van der Waals surface area contributed by atoms with E-state index in [-0.39, 0.29) is 0 Å². The molecule has 0 saturated carbocycles. The molecule has 0 saturated heterocycles. The van der Waals surface area contributed by atoms with Crippen molar-refractivity contribution in [3.63, 3.8) is 0 Å². The van der Waals surface area contributed by atoms with Gasteiger partial charge in [0.2, 0.25) is 5.79 Å². The van der Waals surface area contributed by atoms with E-state index in [9.17, 15) is 0 Å². The highest BCUT2D eigenvalue weighted by Crippen LogP contribution is 2.48. The predicted molar refractivity (Wildman–Crippen MR) is 129 cm³/mol. The fraction of sp³-hybridized carbons (Fsp3) is 0.481. The summed E-state index contributed by atoms with van der Waals surface area (Å²) in [5.74, 6) is -0.866. The number of benzene rings is 1. The molecule has 0 fully saturated rings. The van der Waals surface area contributed by atoms with Crippen LogP contribution < -0.4 is 5.32 Å². The summed E-state index contributed by atoms with van der Waals surface area (Å²) in [6.07, 6.45) is 6.36. The van der Waals surface area contributed by atoms with Gasteiger partial charge in [0, 0.05) is 51.9 Å². The molecule has 0 bridgehead atoms. The van der Waals surface area contributed by atoms with Crippen LogP contribution in [0.5, 0.6) is 0 Å². The van der Waals surface area contributed by atoms with E-state index in [0.717, 1.165) is 34.6 Å². The number of hydrogen-bond acceptors (Lipinski definition) is 3. The van der Waals surface area contributed by atoms with Crippen molar-refractivity contribution in [3.8, 4) is 0 Å². The minimum absolute atomic E-state index is 0.390. The lowest BCUT2D eigenvalue weighted by atomic mass is 9.76. The van der Waals surface area contributed by atoms with Crippen molar-refractivity contribution in [1.29, 1.82) is 0 Å². The van der Waals surface area contributed by atoms with Gasteiger partial charge in [0.1, 0.15) is 0 Å². The molecule has 2 aliphatic rings. The number of nitrogens with one attached hydrogen (secondary N) is 1. The van der Waals surface area contributed by atoms with Gasteiger partial charge >= 0.3 is 0 Å². The first-order chi connectivity index (χ1) is 14.4. The number of halogens is 1. The topological polar surface area (TPSA) is 37.3 Å². The standard InChI is InChI=1S/C27H34FN3/c1-15-11-17(3)23(18(4)12-15)22-9-10-30-27(8,28)26(6,7)21-14-29-24-19(5)16(2)13-20(24)25(21)31-22/h9-12,14,16,19,31H,13H2,1-8H3/b22-9-,30-10+/t16?,19?,27-/m1/s1. The number of anilines is 1. The Hall–Kier alpha value is -2.49. The average Bonchev–Trinajstić information content (AvgIpc) is 2.96. The molecule has 2 heterocycles. The van der Waals surface area contributed by atoms with Crippen LogP contribution in [-0.4, -0.2) is 17.0 Å². The van der Waals surface area contributed by atoms with Crippen molar-refractivity contribution in [1.82, 2.24) is 4.98 Å². The highest BCUT2D eigenvalue weighted by molar-refractivity contribution is 5.92. The van der Waals surface area contributed by atoms with Crippen LogP contribution in [0.15, 0.2) is 29.4 Å². The number of fused-ring (bicyclic) bond motifs is 3. The van der Waals surface area contributed by atoms with E-state index in [0.29, 0.717) is 11.8 Å². The second-order valence-corrected chi connectivity index (χ2v) is 10.2. The van der Waals surface area contributed by atoms with Crippen molar-refractivity contribution in [3.05, 3.63) is 63.5 Å². The Morgan fingerprint density at radius 2 is 1.71 bits per heavy atom. The van der Waals surface area contributed by atoms with Gasteiger partial charge in [0.05, 0.1) is 0 Å². The van der Waals surface area contributed by atoms with Crippen molar-refractivity contribution >= 4 is 17.6 Å². The number of hydrogen-bond donors (Lipinski definition) is 1. The van der Waals surface area contributed by atoms with Crippen molar-refractivity contribution < 1.29 is 4.39 Å². The first-order valence-electron chi connectivity index (χ1n) is 11.3. The van der Waals surface area contributed by atoms with Crippen LogP contribution >= 0.6 is 0 Å². The summed E-state index contributed by atoms with van der Waals surface area (Å²) in [5.41, 5.74) is 9.12. The van der Waals surface area contributed by atoms with Gasteiger partial charge in [-0.1, -0.05) is 45.4 Å². The number of aromatic nitrogens is 1. The zero-order valence-electron chi connectivity index (χ0n) is 20.0. The van der Waals surface area contributed by atoms with Gasteiger partial charge in [-0.25, -0.2) is 4.39 Å². The van der Waals surface area contributed by atoms with Gasteiger partial charge in [-0.05, 0) is 62.8 Å². The lowest BCUT2D eigenvalue weighted by Crippen LogP contribution is -2.40. The average molecular weight is 420 g/mol. The van der Waals surface area contributed by atoms with E-state index in [1.807, 2.05) is 26.1 Å². The van der Waals surface area contributed by atoms with Gasteiger partial charge < -0.3 is 5.32 Å². The van der Waals surface area contributed by atoms with Crippen molar-refractivity contribution in [2.75, 3.05) is 5.32 Å². The van der Waals surface area contributed by atoms with E-state index >= 15 is 4.39 Å². The van der Waals surface area contributed by atoms with Gasteiger partial charge in [-0.2, -0.15) is 0 Å². The molecule has 0 amide bonds. The van der Waals surface area contributed by atoms with E-state index in [1.165, 1.54) is 22.3 Å². The third kappa shape index (κ3) is 3.40. The molecule has 1 aliphatic heterocycles. The number of alkyl halides is 1. The summed E-state index contributed by atoms with van der Waals surface area (Å²) in [7, 11) is 0. The molecule has 2 unspecified atom stereocenters. The zero-order valence-corrected chi connectivity index (χ0v) is 20.0. The van der Waals surface area contributed by atoms with E-state index < -0.39 is 11.2 Å². The molecule has 164 valence electrons. The lowest BCUT2D eigenvalue weighted by molar-refractivity contribution is 0.104. The first-order valence-corrected chi connectivity index (χ1v) is 11.3. The van der Waals surface area contributed by atoms with E-state index in [1.54, 1.807) is 13.1 Å². The monoisotopic (exact) mass is 419 g/mol. The van der Waals surface area contributed by atoms with Gasteiger partial charge in [-0.15, -0.1) is 0 Å². The largest absolute Gasteiger partial charge is 0.354 e. The second-order valence-electron chi connectivity index (χ2n) is 10.2. The Balaban J connectivity index is 2.00.